The van der Waals surface area contributed by atoms with Crippen LogP contribution < -0.4 is 10.1 Å². The zero-order valence-corrected chi connectivity index (χ0v) is 12.5. The highest BCUT2D eigenvalue weighted by Crippen LogP contribution is 2.17. The summed E-state index contributed by atoms with van der Waals surface area (Å²) in [6.07, 6.45) is 0. The van der Waals surface area contributed by atoms with E-state index in [0.717, 1.165) is 0 Å². The average Bonchev–Trinajstić information content (AvgIpc) is 2.36. The summed E-state index contributed by atoms with van der Waals surface area (Å²) >= 11 is 7.22. The molecule has 2 N–H and O–H groups in total. The molecule has 1 atom stereocenters. The number of thioether (sulfide) groups is 1. The molecule has 0 aliphatic heterocycles. The van der Waals surface area contributed by atoms with Crippen molar-refractivity contribution in [2.24, 2.45) is 0 Å². The van der Waals surface area contributed by atoms with E-state index in [1.807, 2.05) is 0 Å². The molecule has 0 bridgehead atoms. The standard InChI is InChI=1S/C13H16ClNO4S/c1-9(16)15-12(13(17)18)8-20-6-5-19-11-4-2-3-10(14)7-11/h2-4,7,12H,5-6,8H2,1H3,(H,15,16)(H,17,18). The molecule has 0 radical (unpaired) electrons. The molecule has 0 saturated carbocycles. The second-order valence-electron chi connectivity index (χ2n) is 3.97. The summed E-state index contributed by atoms with van der Waals surface area (Å²) < 4.78 is 5.47. The summed E-state index contributed by atoms with van der Waals surface area (Å²) in [6, 6.07) is 6.19. The molecule has 0 aliphatic carbocycles. The van der Waals surface area contributed by atoms with E-state index in [1.165, 1.54) is 18.7 Å². The lowest BCUT2D eigenvalue weighted by Crippen LogP contribution is -2.41. The number of carboxylic acid groups (broad SMARTS) is 1. The summed E-state index contributed by atoms with van der Waals surface area (Å²) in [5.74, 6) is 0.204. The first-order valence-electron chi connectivity index (χ1n) is 5.95. The molecule has 0 saturated heterocycles. The maximum absolute atomic E-state index is 10.9. The smallest absolute Gasteiger partial charge is 0.327 e. The Labute approximate surface area is 126 Å². The Morgan fingerprint density at radius 2 is 2.25 bits per heavy atom. The van der Waals surface area contributed by atoms with Gasteiger partial charge in [-0.3, -0.25) is 4.79 Å². The Balaban J connectivity index is 2.23. The van der Waals surface area contributed by atoms with Gasteiger partial charge in [-0.2, -0.15) is 11.8 Å². The van der Waals surface area contributed by atoms with E-state index in [4.69, 9.17) is 21.4 Å². The van der Waals surface area contributed by atoms with Crippen LogP contribution in [0.5, 0.6) is 5.75 Å². The first-order chi connectivity index (χ1) is 9.49. The van der Waals surface area contributed by atoms with Crippen molar-refractivity contribution in [1.29, 1.82) is 0 Å². The minimum Gasteiger partial charge on any atom is -0.493 e. The molecule has 0 heterocycles. The average molecular weight is 318 g/mol. The van der Waals surface area contributed by atoms with Gasteiger partial charge < -0.3 is 15.2 Å². The second kappa shape index (κ2) is 8.71. The number of carboxylic acids is 1. The number of ether oxygens (including phenoxy) is 1. The van der Waals surface area contributed by atoms with Crippen LogP contribution in [-0.4, -0.2) is 41.1 Å². The van der Waals surface area contributed by atoms with Crippen molar-refractivity contribution >= 4 is 35.2 Å². The Morgan fingerprint density at radius 1 is 1.50 bits per heavy atom. The van der Waals surface area contributed by atoms with Crippen molar-refractivity contribution in [3.63, 3.8) is 0 Å². The van der Waals surface area contributed by atoms with Gasteiger partial charge >= 0.3 is 5.97 Å². The summed E-state index contributed by atoms with van der Waals surface area (Å²) in [5, 5.41) is 11.9. The zero-order valence-electron chi connectivity index (χ0n) is 11.0. The fraction of sp³-hybridized carbons (Fsp3) is 0.385. The topological polar surface area (TPSA) is 75.6 Å². The number of halogens is 1. The molecule has 1 amide bonds. The van der Waals surface area contributed by atoms with Gasteiger partial charge in [0.15, 0.2) is 0 Å². The van der Waals surface area contributed by atoms with Crippen LogP contribution >= 0.6 is 23.4 Å². The van der Waals surface area contributed by atoms with Crippen LogP contribution in [0, 0.1) is 0 Å². The van der Waals surface area contributed by atoms with Gasteiger partial charge in [-0.1, -0.05) is 17.7 Å². The first kappa shape index (κ1) is 16.7. The third-order valence-corrected chi connectivity index (χ3v) is 3.51. The fourth-order valence-corrected chi connectivity index (χ4v) is 2.41. The van der Waals surface area contributed by atoms with E-state index in [1.54, 1.807) is 24.3 Å². The minimum absolute atomic E-state index is 0.299. The lowest BCUT2D eigenvalue weighted by atomic mass is 10.3. The molecule has 0 spiro atoms. The maximum atomic E-state index is 10.9. The normalized spacial score (nSPS) is 11.7. The summed E-state index contributed by atoms with van der Waals surface area (Å²) in [4.78, 5) is 21.7. The van der Waals surface area contributed by atoms with Crippen molar-refractivity contribution in [3.8, 4) is 5.75 Å². The van der Waals surface area contributed by atoms with Gasteiger partial charge in [0.25, 0.3) is 0 Å². The van der Waals surface area contributed by atoms with Crippen molar-refractivity contribution in [2.75, 3.05) is 18.1 Å². The van der Waals surface area contributed by atoms with Crippen LogP contribution in [0.4, 0.5) is 0 Å². The van der Waals surface area contributed by atoms with Crippen molar-refractivity contribution in [3.05, 3.63) is 29.3 Å². The van der Waals surface area contributed by atoms with E-state index in [2.05, 4.69) is 5.32 Å². The second-order valence-corrected chi connectivity index (χ2v) is 5.56. The van der Waals surface area contributed by atoms with E-state index in [0.29, 0.717) is 28.9 Å². The third kappa shape index (κ3) is 6.68. The van der Waals surface area contributed by atoms with Crippen LogP contribution in [0.15, 0.2) is 24.3 Å². The van der Waals surface area contributed by atoms with Gasteiger partial charge in [0.1, 0.15) is 11.8 Å². The number of carbonyl (C=O) groups is 2. The van der Waals surface area contributed by atoms with Crippen LogP contribution in [0.25, 0.3) is 0 Å². The highest BCUT2D eigenvalue weighted by Gasteiger charge is 2.17. The predicted molar refractivity (Wildman–Crippen MR) is 79.5 cm³/mol. The molecular formula is C13H16ClNO4S. The van der Waals surface area contributed by atoms with Gasteiger partial charge in [0.05, 0.1) is 6.61 Å². The number of hydrogen-bond acceptors (Lipinski definition) is 4. The lowest BCUT2D eigenvalue weighted by molar-refractivity contribution is -0.140. The summed E-state index contributed by atoms with van der Waals surface area (Å²) in [7, 11) is 0. The highest BCUT2D eigenvalue weighted by molar-refractivity contribution is 7.99. The third-order valence-electron chi connectivity index (χ3n) is 2.25. The lowest BCUT2D eigenvalue weighted by Gasteiger charge is -2.12. The Morgan fingerprint density at radius 3 is 2.85 bits per heavy atom. The van der Waals surface area contributed by atoms with Crippen molar-refractivity contribution in [2.45, 2.75) is 13.0 Å². The molecule has 5 nitrogen and oxygen atoms in total. The Bertz CT molecular complexity index is 469. The molecular weight excluding hydrogens is 302 g/mol. The van der Waals surface area contributed by atoms with Gasteiger partial charge in [-0.05, 0) is 18.2 Å². The number of hydrogen-bond donors (Lipinski definition) is 2. The molecule has 0 aliphatic rings. The SMILES string of the molecule is CC(=O)NC(CSCCOc1cccc(Cl)c1)C(=O)O. The number of benzene rings is 1. The molecule has 110 valence electrons. The molecule has 1 rings (SSSR count). The Kier molecular flexibility index (Phi) is 7.25. The van der Waals surface area contributed by atoms with Crippen LogP contribution in [0.3, 0.4) is 0 Å². The quantitative estimate of drug-likeness (QED) is 0.718. The molecule has 20 heavy (non-hydrogen) atoms. The molecule has 0 aromatic heterocycles. The molecule has 1 unspecified atom stereocenters. The van der Waals surface area contributed by atoms with Crippen LogP contribution in [-0.2, 0) is 9.59 Å². The molecule has 1 aromatic carbocycles. The monoisotopic (exact) mass is 317 g/mol. The van der Waals surface area contributed by atoms with E-state index < -0.39 is 12.0 Å². The molecule has 0 fully saturated rings. The van der Waals surface area contributed by atoms with Crippen molar-refractivity contribution in [1.82, 2.24) is 5.32 Å². The fourth-order valence-electron chi connectivity index (χ4n) is 1.40. The van der Waals surface area contributed by atoms with Gasteiger partial charge in [-0.25, -0.2) is 4.79 Å². The van der Waals surface area contributed by atoms with Crippen molar-refractivity contribution < 1.29 is 19.4 Å². The number of aliphatic carboxylic acids is 1. The van der Waals surface area contributed by atoms with E-state index in [9.17, 15) is 9.59 Å². The predicted octanol–water partition coefficient (Wildman–Crippen LogP) is 2.04. The number of rotatable bonds is 8. The van der Waals surface area contributed by atoms with Crippen LogP contribution in [0.1, 0.15) is 6.92 Å². The summed E-state index contributed by atoms with van der Waals surface area (Å²) in [6.45, 7) is 1.74. The van der Waals surface area contributed by atoms with Gasteiger partial charge in [0.2, 0.25) is 5.91 Å². The van der Waals surface area contributed by atoms with Gasteiger partial charge in [-0.15, -0.1) is 0 Å². The van der Waals surface area contributed by atoms with E-state index >= 15 is 0 Å². The van der Waals surface area contributed by atoms with Gasteiger partial charge in [0, 0.05) is 23.5 Å². The number of amides is 1. The maximum Gasteiger partial charge on any atom is 0.327 e. The summed E-state index contributed by atoms with van der Waals surface area (Å²) in [5.41, 5.74) is 0. The number of carbonyl (C=O) groups excluding carboxylic acids is 1. The highest BCUT2D eigenvalue weighted by atomic mass is 35.5. The molecule has 7 heteroatoms. The molecule has 1 aromatic rings. The Hall–Kier alpha value is -1.40. The van der Waals surface area contributed by atoms with E-state index in [-0.39, 0.29) is 5.91 Å². The van der Waals surface area contributed by atoms with Crippen LogP contribution in [0.2, 0.25) is 5.02 Å². The zero-order chi connectivity index (χ0) is 15.0. The first-order valence-corrected chi connectivity index (χ1v) is 7.48. The minimum atomic E-state index is -1.04. The number of nitrogens with one attached hydrogen (secondary N) is 1. The largest absolute Gasteiger partial charge is 0.493 e.